The Labute approximate surface area is 126 Å². The lowest BCUT2D eigenvalue weighted by molar-refractivity contribution is -0.384. The lowest BCUT2D eigenvalue weighted by atomic mass is 10.1. The monoisotopic (exact) mass is 310 g/mol. The van der Waals surface area contributed by atoms with Gasteiger partial charge in [0, 0.05) is 28.1 Å². The first-order valence-corrected chi connectivity index (χ1v) is 7.32. The fourth-order valence-electron chi connectivity index (χ4n) is 1.92. The van der Waals surface area contributed by atoms with Gasteiger partial charge in [-0.05, 0) is 44.0 Å². The van der Waals surface area contributed by atoms with Crippen molar-refractivity contribution in [2.75, 3.05) is 5.32 Å². The lowest BCUT2D eigenvalue weighted by Gasteiger charge is -2.09. The number of hydrogen-bond donors (Lipinski definition) is 1. The molecule has 6 heteroatoms. The van der Waals surface area contributed by atoms with Crippen molar-refractivity contribution in [1.82, 2.24) is 0 Å². The first-order chi connectivity index (χ1) is 9.38. The van der Waals surface area contributed by atoms with Gasteiger partial charge in [-0.2, -0.15) is 0 Å². The first kappa shape index (κ1) is 14.8. The van der Waals surface area contributed by atoms with E-state index >= 15 is 0 Å². The molecule has 0 unspecified atom stereocenters. The minimum atomic E-state index is -0.467. The molecule has 0 saturated carbocycles. The molecule has 1 heterocycles. The summed E-state index contributed by atoms with van der Waals surface area (Å²) in [5.41, 5.74) is 2.86. The van der Waals surface area contributed by atoms with Crippen molar-refractivity contribution in [3.63, 3.8) is 0 Å². The second-order valence-corrected chi connectivity index (χ2v) is 6.43. The number of rotatable bonds is 4. The highest BCUT2D eigenvalue weighted by Gasteiger charge is 2.15. The molecule has 0 aliphatic heterocycles. The van der Waals surface area contributed by atoms with E-state index in [1.54, 1.807) is 17.4 Å². The van der Waals surface area contributed by atoms with E-state index in [0.717, 1.165) is 11.3 Å². The van der Waals surface area contributed by atoms with Crippen LogP contribution in [0.3, 0.4) is 0 Å². The number of hydrogen-bond acceptors (Lipinski definition) is 4. The minimum absolute atomic E-state index is 0.0578. The standard InChI is InChI=1S/C14H15ClN2O2S/c1-8-4-11(20-10(8)3)7-16-13-6-12(15)14(17(18)19)5-9(13)2/h4-6,16H,7H2,1-3H3. The largest absolute Gasteiger partial charge is 0.380 e. The number of nitrogens with zero attached hydrogens (tertiary/aromatic N) is 1. The molecule has 20 heavy (non-hydrogen) atoms. The minimum Gasteiger partial charge on any atom is -0.380 e. The van der Waals surface area contributed by atoms with Crippen molar-refractivity contribution < 1.29 is 4.92 Å². The molecule has 4 nitrogen and oxygen atoms in total. The molecular weight excluding hydrogens is 296 g/mol. The van der Waals surface area contributed by atoms with Crippen LogP contribution in [0.25, 0.3) is 0 Å². The normalized spacial score (nSPS) is 10.6. The van der Waals surface area contributed by atoms with Gasteiger partial charge in [-0.25, -0.2) is 0 Å². The maximum atomic E-state index is 10.8. The van der Waals surface area contributed by atoms with Gasteiger partial charge in [0.05, 0.1) is 4.92 Å². The Balaban J connectivity index is 2.17. The number of halogens is 1. The quantitative estimate of drug-likeness (QED) is 0.649. The van der Waals surface area contributed by atoms with Crippen LogP contribution in [0.15, 0.2) is 18.2 Å². The van der Waals surface area contributed by atoms with Gasteiger partial charge in [0.15, 0.2) is 0 Å². The summed E-state index contributed by atoms with van der Waals surface area (Å²) in [6.07, 6.45) is 0. The number of nitro benzene ring substituents is 1. The van der Waals surface area contributed by atoms with E-state index in [0.29, 0.717) is 6.54 Å². The summed E-state index contributed by atoms with van der Waals surface area (Å²) in [6.45, 7) is 6.70. The Kier molecular flexibility index (Phi) is 4.30. The third-order valence-corrected chi connectivity index (χ3v) is 4.62. The highest BCUT2D eigenvalue weighted by molar-refractivity contribution is 7.12. The molecule has 1 aromatic carbocycles. The topological polar surface area (TPSA) is 55.2 Å². The van der Waals surface area contributed by atoms with E-state index < -0.39 is 4.92 Å². The Bertz CT molecular complexity index is 648. The van der Waals surface area contributed by atoms with Crippen molar-refractivity contribution in [2.45, 2.75) is 27.3 Å². The summed E-state index contributed by atoms with van der Waals surface area (Å²) in [7, 11) is 0. The Morgan fingerprint density at radius 3 is 2.50 bits per heavy atom. The van der Waals surface area contributed by atoms with Crippen molar-refractivity contribution in [3.8, 4) is 0 Å². The summed E-state index contributed by atoms with van der Waals surface area (Å²) in [4.78, 5) is 12.9. The van der Waals surface area contributed by atoms with Gasteiger partial charge in [-0.3, -0.25) is 10.1 Å². The van der Waals surface area contributed by atoms with Crippen molar-refractivity contribution in [1.29, 1.82) is 0 Å². The zero-order valence-corrected chi connectivity index (χ0v) is 13.1. The molecule has 0 atom stereocenters. The zero-order valence-electron chi connectivity index (χ0n) is 11.5. The van der Waals surface area contributed by atoms with Crippen molar-refractivity contribution >= 4 is 34.3 Å². The average Bonchev–Trinajstić information content (AvgIpc) is 2.69. The fraction of sp³-hybridized carbons (Fsp3) is 0.286. The summed E-state index contributed by atoms with van der Waals surface area (Å²) in [5.74, 6) is 0. The van der Waals surface area contributed by atoms with E-state index in [1.165, 1.54) is 21.4 Å². The third-order valence-electron chi connectivity index (χ3n) is 3.16. The van der Waals surface area contributed by atoms with Crippen LogP contribution >= 0.6 is 22.9 Å². The van der Waals surface area contributed by atoms with E-state index in [9.17, 15) is 10.1 Å². The number of nitrogens with one attached hydrogen (secondary N) is 1. The van der Waals surface area contributed by atoms with Gasteiger partial charge in [0.1, 0.15) is 5.02 Å². The van der Waals surface area contributed by atoms with Crippen LogP contribution in [-0.2, 0) is 6.54 Å². The number of nitro groups is 1. The maximum absolute atomic E-state index is 10.8. The van der Waals surface area contributed by atoms with Crippen molar-refractivity contribution in [3.05, 3.63) is 54.2 Å². The molecule has 1 N–H and O–H groups in total. The van der Waals surface area contributed by atoms with Crippen LogP contribution < -0.4 is 5.32 Å². The number of thiophene rings is 1. The van der Waals surface area contributed by atoms with Gasteiger partial charge >= 0.3 is 0 Å². The fourth-order valence-corrected chi connectivity index (χ4v) is 3.14. The second kappa shape index (κ2) is 5.81. The predicted molar refractivity (Wildman–Crippen MR) is 84.0 cm³/mol. The zero-order chi connectivity index (χ0) is 14.9. The molecule has 0 fully saturated rings. The molecule has 0 bridgehead atoms. The average molecular weight is 311 g/mol. The highest BCUT2D eigenvalue weighted by atomic mass is 35.5. The molecule has 0 amide bonds. The molecule has 0 radical (unpaired) electrons. The first-order valence-electron chi connectivity index (χ1n) is 6.13. The molecule has 2 rings (SSSR count). The molecular formula is C14H15ClN2O2S. The Hall–Kier alpha value is -1.59. The van der Waals surface area contributed by atoms with Gasteiger partial charge in [-0.1, -0.05) is 11.6 Å². The van der Waals surface area contributed by atoms with Gasteiger partial charge in [-0.15, -0.1) is 11.3 Å². The SMILES string of the molecule is Cc1cc([N+](=O)[O-])c(Cl)cc1NCc1cc(C)c(C)s1. The Morgan fingerprint density at radius 2 is 1.95 bits per heavy atom. The summed E-state index contributed by atoms with van der Waals surface area (Å²) >= 11 is 7.68. The van der Waals surface area contributed by atoms with Crippen molar-refractivity contribution in [2.24, 2.45) is 0 Å². The maximum Gasteiger partial charge on any atom is 0.288 e. The number of aryl methyl sites for hydroxylation is 3. The van der Waals surface area contributed by atoms with Gasteiger partial charge in [0.25, 0.3) is 5.69 Å². The van der Waals surface area contributed by atoms with Gasteiger partial charge in [0.2, 0.25) is 0 Å². The number of anilines is 1. The number of benzene rings is 1. The second-order valence-electron chi connectivity index (χ2n) is 4.68. The van der Waals surface area contributed by atoms with Crippen LogP contribution in [-0.4, -0.2) is 4.92 Å². The van der Waals surface area contributed by atoms with Crippen LogP contribution in [0.2, 0.25) is 5.02 Å². The summed E-state index contributed by atoms with van der Waals surface area (Å²) in [5, 5.41) is 14.2. The highest BCUT2D eigenvalue weighted by Crippen LogP contribution is 2.31. The van der Waals surface area contributed by atoms with Crippen LogP contribution in [0.1, 0.15) is 20.9 Å². The van der Waals surface area contributed by atoms with E-state index in [2.05, 4.69) is 25.2 Å². The molecule has 1 aromatic heterocycles. The summed E-state index contributed by atoms with van der Waals surface area (Å²) < 4.78 is 0. The van der Waals surface area contributed by atoms with Crippen LogP contribution in [0.5, 0.6) is 0 Å². The lowest BCUT2D eigenvalue weighted by Crippen LogP contribution is -2.00. The molecule has 2 aromatic rings. The Morgan fingerprint density at radius 1 is 1.25 bits per heavy atom. The predicted octanol–water partition coefficient (Wildman–Crippen LogP) is 4.85. The third kappa shape index (κ3) is 3.11. The molecule has 0 saturated heterocycles. The molecule has 0 spiro atoms. The summed E-state index contributed by atoms with van der Waals surface area (Å²) in [6, 6.07) is 5.26. The molecule has 0 aliphatic rings. The van der Waals surface area contributed by atoms with Crippen LogP contribution in [0, 0.1) is 30.9 Å². The van der Waals surface area contributed by atoms with E-state index in [1.807, 2.05) is 6.92 Å². The molecule has 106 valence electrons. The van der Waals surface area contributed by atoms with Gasteiger partial charge < -0.3 is 5.32 Å². The van der Waals surface area contributed by atoms with E-state index in [-0.39, 0.29) is 10.7 Å². The molecule has 0 aliphatic carbocycles. The van der Waals surface area contributed by atoms with Crippen LogP contribution in [0.4, 0.5) is 11.4 Å². The smallest absolute Gasteiger partial charge is 0.288 e. The van der Waals surface area contributed by atoms with E-state index in [4.69, 9.17) is 11.6 Å².